The van der Waals surface area contributed by atoms with E-state index in [2.05, 4.69) is 0 Å². The number of carboxylic acid groups (broad SMARTS) is 2. The smallest absolute Gasteiger partial charge is 0.303 e. The predicted octanol–water partition coefficient (Wildman–Crippen LogP) is 5.29. The summed E-state index contributed by atoms with van der Waals surface area (Å²) in [5.41, 5.74) is 0. The van der Waals surface area contributed by atoms with Crippen molar-refractivity contribution in [3.05, 3.63) is 45.7 Å². The average molecular weight is 687 g/mol. The number of ketones is 2. The van der Waals surface area contributed by atoms with Crippen LogP contribution in [0.15, 0.2) is 24.3 Å². The Hall–Kier alpha value is -4.35. The third-order valence-electron chi connectivity index (χ3n) is 6.25. The molecule has 0 amide bonds. The average Bonchev–Trinajstić information content (AvgIpc) is 3.62. The summed E-state index contributed by atoms with van der Waals surface area (Å²) < 4.78 is 77.9. The summed E-state index contributed by atoms with van der Waals surface area (Å²) in [5.74, 6) is -9.11. The maximum Gasteiger partial charge on any atom is 0.303 e. The maximum absolute atomic E-state index is 15.4. The van der Waals surface area contributed by atoms with Crippen molar-refractivity contribution in [3.8, 4) is 23.0 Å². The van der Waals surface area contributed by atoms with E-state index in [1.807, 2.05) is 0 Å². The molecule has 2 aromatic carbocycles. The zero-order valence-corrected chi connectivity index (χ0v) is 26.0. The number of hydrogen-bond donors (Lipinski definition) is 2. The summed E-state index contributed by atoms with van der Waals surface area (Å²) in [6.07, 6.45) is -1.39. The molecule has 0 radical (unpaired) electrons. The molecule has 2 N–H and O–H groups in total. The van der Waals surface area contributed by atoms with Crippen molar-refractivity contribution in [2.24, 2.45) is 0 Å². The summed E-state index contributed by atoms with van der Waals surface area (Å²) in [5, 5.41) is 17.5. The van der Waals surface area contributed by atoms with Gasteiger partial charge in [0.1, 0.15) is 0 Å². The first-order valence-electron chi connectivity index (χ1n) is 12.8. The highest BCUT2D eigenvalue weighted by atomic mass is 32.2. The van der Waals surface area contributed by atoms with Gasteiger partial charge >= 0.3 is 11.9 Å². The molecular weight excluding hydrogens is 662 g/mol. The van der Waals surface area contributed by atoms with Gasteiger partial charge in [0.05, 0.1) is 36.8 Å². The van der Waals surface area contributed by atoms with Crippen LogP contribution in [-0.2, 0) is 19.4 Å². The molecule has 2 heterocycles. The van der Waals surface area contributed by atoms with E-state index in [4.69, 9.17) is 29.2 Å². The highest BCUT2D eigenvalue weighted by Crippen LogP contribution is 2.42. The lowest BCUT2D eigenvalue weighted by molar-refractivity contribution is -0.137. The molecular formula is C28H24F2O12S3. The second-order valence-electron chi connectivity index (χ2n) is 9.39. The Bertz CT molecular complexity index is 1800. The Kier molecular flexibility index (Phi) is 10.2. The third kappa shape index (κ3) is 7.66. The van der Waals surface area contributed by atoms with Gasteiger partial charge < -0.3 is 29.2 Å². The van der Waals surface area contributed by atoms with Gasteiger partial charge in [-0.1, -0.05) is 0 Å². The number of ether oxygens (including phenoxy) is 4. The van der Waals surface area contributed by atoms with Crippen molar-refractivity contribution in [1.29, 1.82) is 0 Å². The third-order valence-corrected chi connectivity index (χ3v) is 9.45. The molecule has 0 unspecified atom stereocenters. The van der Waals surface area contributed by atoms with Crippen molar-refractivity contribution in [2.75, 3.05) is 26.1 Å². The summed E-state index contributed by atoms with van der Waals surface area (Å²) in [7, 11) is -1.93. The van der Waals surface area contributed by atoms with Crippen molar-refractivity contribution in [3.63, 3.8) is 0 Å². The van der Waals surface area contributed by atoms with E-state index in [1.165, 1.54) is 38.5 Å². The van der Waals surface area contributed by atoms with Gasteiger partial charge in [0.15, 0.2) is 58.1 Å². The zero-order valence-electron chi connectivity index (χ0n) is 23.5. The van der Waals surface area contributed by atoms with Gasteiger partial charge in [-0.15, -0.1) is 22.7 Å². The number of carbonyl (C=O) groups is 4. The summed E-state index contributed by atoms with van der Waals surface area (Å²) in [6, 6.07) is 5.10. The lowest BCUT2D eigenvalue weighted by Crippen LogP contribution is -2.20. The molecule has 0 aliphatic heterocycles. The minimum absolute atomic E-state index is 0.0696. The minimum atomic E-state index is -4.32. The van der Waals surface area contributed by atoms with E-state index < -0.39 is 81.2 Å². The van der Waals surface area contributed by atoms with Crippen molar-refractivity contribution < 1.29 is 65.5 Å². The first-order valence-corrected chi connectivity index (χ1v) is 16.3. The second kappa shape index (κ2) is 13.7. The number of carboxylic acids is 2. The Morgan fingerprint density at radius 3 is 1.40 bits per heavy atom. The molecule has 45 heavy (non-hydrogen) atoms. The highest BCUT2D eigenvalue weighted by Gasteiger charge is 2.25. The maximum atomic E-state index is 15.4. The molecule has 4 aromatic rings. The van der Waals surface area contributed by atoms with Crippen LogP contribution in [0.25, 0.3) is 20.2 Å². The number of halogens is 2. The fourth-order valence-corrected chi connectivity index (χ4v) is 6.83. The summed E-state index contributed by atoms with van der Waals surface area (Å²) >= 11 is 1.81. The normalized spacial score (nSPS) is 11.5. The van der Waals surface area contributed by atoms with Crippen LogP contribution in [0.4, 0.5) is 8.78 Å². The monoisotopic (exact) mass is 686 g/mol. The van der Waals surface area contributed by atoms with E-state index in [-0.39, 0.29) is 54.3 Å². The fraction of sp³-hybridized carbons (Fsp3) is 0.286. The van der Waals surface area contributed by atoms with Crippen molar-refractivity contribution in [1.82, 2.24) is 0 Å². The van der Waals surface area contributed by atoms with Crippen LogP contribution < -0.4 is 18.9 Å². The Balaban J connectivity index is 1.52. The Morgan fingerprint density at radius 2 is 1.07 bits per heavy atom. The van der Waals surface area contributed by atoms with Crippen LogP contribution in [0.2, 0.25) is 0 Å². The molecule has 0 spiro atoms. The number of hydrogen-bond acceptors (Lipinski definition) is 12. The lowest BCUT2D eigenvalue weighted by atomic mass is 10.1. The topological polar surface area (TPSA) is 180 Å². The van der Waals surface area contributed by atoms with Gasteiger partial charge in [-0.05, 0) is 12.1 Å². The van der Waals surface area contributed by atoms with Crippen LogP contribution in [0.5, 0.6) is 23.0 Å². The molecule has 0 bridgehead atoms. The quantitative estimate of drug-likeness (QED) is 0.146. The van der Waals surface area contributed by atoms with Gasteiger partial charge in [0.2, 0.25) is 9.84 Å². The van der Waals surface area contributed by atoms with Gasteiger partial charge in [-0.3, -0.25) is 19.2 Å². The largest absolute Gasteiger partial charge is 0.493 e. The first-order chi connectivity index (χ1) is 21.2. The Morgan fingerprint density at radius 1 is 0.689 bits per heavy atom. The first kappa shape index (κ1) is 33.5. The number of sulfone groups is 1. The van der Waals surface area contributed by atoms with E-state index >= 15 is 8.78 Å². The molecule has 17 heteroatoms. The molecule has 0 saturated carbocycles. The van der Waals surface area contributed by atoms with Gasteiger partial charge in [0.25, 0.3) is 0 Å². The SMILES string of the molecule is COc1cc2sc(C(=O)CCC(=O)O)cc2c(F)c1OCS(=O)(=O)COc1c(OC)cc2sc(C(=O)CCC(=O)O)cc2c1F. The minimum Gasteiger partial charge on any atom is -0.493 e. The van der Waals surface area contributed by atoms with E-state index in [0.29, 0.717) is 0 Å². The summed E-state index contributed by atoms with van der Waals surface area (Å²) in [6.45, 7) is 0. The second-order valence-corrected chi connectivity index (χ2v) is 13.5. The number of carbonyl (C=O) groups excluding carboxylic acids is 2. The van der Waals surface area contributed by atoms with Crippen LogP contribution >= 0.6 is 22.7 Å². The highest BCUT2D eigenvalue weighted by molar-refractivity contribution is 7.91. The summed E-state index contributed by atoms with van der Waals surface area (Å²) in [4.78, 5) is 46.4. The van der Waals surface area contributed by atoms with Crippen LogP contribution in [0, 0.1) is 11.6 Å². The molecule has 240 valence electrons. The van der Waals surface area contributed by atoms with Gasteiger partial charge in [0, 0.05) is 45.1 Å². The molecule has 4 rings (SSSR count). The molecule has 0 saturated heterocycles. The van der Waals surface area contributed by atoms with E-state index in [9.17, 15) is 27.6 Å². The van der Waals surface area contributed by atoms with Gasteiger partial charge in [-0.25, -0.2) is 17.2 Å². The molecule has 0 fully saturated rings. The van der Waals surface area contributed by atoms with Crippen LogP contribution in [0.3, 0.4) is 0 Å². The fourth-order valence-electron chi connectivity index (χ4n) is 4.06. The lowest BCUT2D eigenvalue weighted by Gasteiger charge is -2.14. The van der Waals surface area contributed by atoms with Crippen LogP contribution in [0.1, 0.15) is 45.0 Å². The van der Waals surface area contributed by atoms with Gasteiger partial charge in [-0.2, -0.15) is 0 Å². The Labute approximate surface area is 261 Å². The predicted molar refractivity (Wildman–Crippen MR) is 159 cm³/mol. The number of benzene rings is 2. The van der Waals surface area contributed by atoms with Crippen LogP contribution in [-0.4, -0.2) is 68.2 Å². The van der Waals surface area contributed by atoms with E-state index in [1.54, 1.807) is 0 Å². The molecule has 0 aliphatic carbocycles. The number of methoxy groups -OCH3 is 2. The standard InChI is InChI=1S/C28H24F2O12S3/c1-39-17-9-19-13(7-21(43-19)15(31)3-5-23(33)34)25(29)27(17)41-11-45(37,38)12-42-28-18(40-2)10-20-14(26(28)30)8-22(44-20)16(32)4-6-24(35)36/h7-10H,3-6,11-12H2,1-2H3,(H,33,34)(H,35,36). The van der Waals surface area contributed by atoms with Crippen molar-refractivity contribution >= 4 is 76.2 Å². The number of fused-ring (bicyclic) bond motifs is 2. The number of aliphatic carboxylic acids is 2. The number of rotatable bonds is 16. The number of thiophene rings is 2. The molecule has 0 atom stereocenters. The zero-order chi connectivity index (χ0) is 33.1. The molecule has 12 nitrogen and oxygen atoms in total. The number of Topliss-reactive ketones (excluding diaryl/α,β-unsaturated/α-hetero) is 2. The molecule has 0 aliphatic rings. The van der Waals surface area contributed by atoms with Crippen molar-refractivity contribution in [2.45, 2.75) is 25.7 Å². The van der Waals surface area contributed by atoms with E-state index in [0.717, 1.165) is 22.7 Å². The molecule has 2 aromatic heterocycles.